The Labute approximate surface area is 220 Å². The third-order valence-corrected chi connectivity index (χ3v) is 5.97. The van der Waals surface area contributed by atoms with Crippen LogP contribution < -0.4 is 9.47 Å². The van der Waals surface area contributed by atoms with Crippen LogP contribution in [0.5, 0.6) is 11.5 Å². The van der Waals surface area contributed by atoms with Gasteiger partial charge in [0.25, 0.3) is 0 Å². The van der Waals surface area contributed by atoms with Crippen LogP contribution in [-0.4, -0.2) is 38.4 Å². The summed E-state index contributed by atoms with van der Waals surface area (Å²) in [5.74, 6) is 0.446. The molecule has 0 aliphatic heterocycles. The van der Waals surface area contributed by atoms with Gasteiger partial charge in [0, 0.05) is 0 Å². The fourth-order valence-electron chi connectivity index (χ4n) is 4.01. The minimum atomic E-state index is -0.490. The van der Waals surface area contributed by atoms with Gasteiger partial charge in [-0.1, -0.05) is 60.7 Å². The van der Waals surface area contributed by atoms with Gasteiger partial charge < -0.3 is 18.9 Å². The van der Waals surface area contributed by atoms with Gasteiger partial charge in [-0.15, -0.1) is 0 Å². The van der Waals surface area contributed by atoms with E-state index < -0.39 is 11.9 Å². The minimum absolute atomic E-state index is 0.104. The molecule has 190 valence electrons. The first-order valence-electron chi connectivity index (χ1n) is 12.3. The Morgan fingerprint density at radius 2 is 0.842 bits per heavy atom. The van der Waals surface area contributed by atoms with E-state index in [4.69, 9.17) is 18.9 Å². The summed E-state index contributed by atoms with van der Waals surface area (Å²) in [7, 11) is 0. The number of carbonyl (C=O) groups is 2. The van der Waals surface area contributed by atoms with Crippen molar-refractivity contribution in [2.45, 2.75) is 0 Å². The summed E-state index contributed by atoms with van der Waals surface area (Å²) in [5.41, 5.74) is 0.679. The second-order valence-corrected chi connectivity index (χ2v) is 8.56. The Kier molecular flexibility index (Phi) is 7.80. The van der Waals surface area contributed by atoms with Gasteiger partial charge in [-0.2, -0.15) is 0 Å². The first-order chi connectivity index (χ1) is 18.7. The molecule has 0 unspecified atom stereocenters. The first-order valence-corrected chi connectivity index (χ1v) is 12.3. The molecular weight excluding hydrogens is 480 g/mol. The number of carbonyl (C=O) groups excluding carboxylic acids is 2. The molecule has 0 saturated carbocycles. The van der Waals surface area contributed by atoms with E-state index in [1.165, 1.54) is 24.3 Å². The number of fused-ring (bicyclic) bond motifs is 2. The predicted octanol–water partition coefficient (Wildman–Crippen LogP) is 6.46. The highest BCUT2D eigenvalue weighted by Crippen LogP contribution is 2.21. The second-order valence-electron chi connectivity index (χ2n) is 8.56. The Hall–Kier alpha value is -4.84. The zero-order valence-corrected chi connectivity index (χ0v) is 20.7. The highest BCUT2D eigenvalue weighted by atomic mass is 16.6. The number of benzene rings is 5. The summed E-state index contributed by atoms with van der Waals surface area (Å²) in [4.78, 5) is 24.7. The lowest BCUT2D eigenvalue weighted by atomic mass is 10.1. The van der Waals surface area contributed by atoms with Gasteiger partial charge >= 0.3 is 11.9 Å². The molecule has 6 heteroatoms. The molecule has 0 atom stereocenters. The lowest BCUT2D eigenvalue weighted by Gasteiger charge is -2.09. The van der Waals surface area contributed by atoms with Crippen molar-refractivity contribution in [2.75, 3.05) is 26.4 Å². The molecule has 5 rings (SSSR count). The Morgan fingerprint density at radius 1 is 0.447 bits per heavy atom. The molecule has 0 bridgehead atoms. The maximum atomic E-state index is 12.3. The van der Waals surface area contributed by atoms with E-state index >= 15 is 0 Å². The van der Waals surface area contributed by atoms with Gasteiger partial charge in [-0.3, -0.25) is 0 Å². The van der Waals surface area contributed by atoms with E-state index in [1.54, 1.807) is 0 Å². The molecule has 0 amide bonds. The summed E-state index contributed by atoms with van der Waals surface area (Å²) in [5, 5.41) is 4.43. The molecule has 0 radical (unpaired) electrons. The Balaban J connectivity index is 1.03. The molecule has 0 heterocycles. The zero-order chi connectivity index (χ0) is 26.2. The average molecular weight is 507 g/mol. The van der Waals surface area contributed by atoms with Crippen molar-refractivity contribution in [3.05, 3.63) is 120 Å². The van der Waals surface area contributed by atoms with Crippen molar-refractivity contribution in [2.24, 2.45) is 0 Å². The molecular formula is C32H26O6. The van der Waals surface area contributed by atoms with E-state index in [0.29, 0.717) is 22.6 Å². The lowest BCUT2D eigenvalue weighted by molar-refractivity contribution is 0.0437. The number of hydrogen-bond donors (Lipinski definition) is 0. The van der Waals surface area contributed by atoms with Crippen molar-refractivity contribution in [3.63, 3.8) is 0 Å². The van der Waals surface area contributed by atoms with E-state index in [1.807, 2.05) is 84.9 Å². The first kappa shape index (κ1) is 24.8. The second kappa shape index (κ2) is 11.9. The normalized spacial score (nSPS) is 10.7. The van der Waals surface area contributed by atoms with Crippen molar-refractivity contribution in [1.29, 1.82) is 0 Å². The third kappa shape index (κ3) is 6.28. The van der Waals surface area contributed by atoms with Crippen LogP contribution in [0.4, 0.5) is 0 Å². The van der Waals surface area contributed by atoms with Crippen LogP contribution >= 0.6 is 0 Å². The van der Waals surface area contributed by atoms with Crippen LogP contribution in [0, 0.1) is 0 Å². The summed E-state index contributed by atoms with van der Waals surface area (Å²) in [6.07, 6.45) is 0. The van der Waals surface area contributed by atoms with Gasteiger partial charge in [0.05, 0.1) is 11.1 Å². The van der Waals surface area contributed by atoms with Gasteiger partial charge in [0.15, 0.2) is 0 Å². The minimum Gasteiger partial charge on any atom is -0.490 e. The molecule has 0 aromatic heterocycles. The molecule has 0 aliphatic carbocycles. The summed E-state index contributed by atoms with van der Waals surface area (Å²) in [6, 6.07) is 33.8. The number of rotatable bonds is 10. The lowest BCUT2D eigenvalue weighted by Crippen LogP contribution is -2.14. The SMILES string of the molecule is O=C(OCCOc1ccc2ccccc2c1)c1ccc(C(=O)OCCOc2ccc3ccccc3c2)cc1. The van der Waals surface area contributed by atoms with Gasteiger partial charge in [0.2, 0.25) is 0 Å². The Bertz CT molecular complexity index is 1440. The molecule has 38 heavy (non-hydrogen) atoms. The standard InChI is InChI=1S/C32H26O6/c33-31(37-19-17-35-29-15-13-23-5-1-3-7-27(23)21-29)25-9-11-26(12-10-25)32(34)38-20-18-36-30-16-14-24-6-2-4-8-28(24)22-30/h1-16,21-22H,17-20H2. The average Bonchev–Trinajstić information content (AvgIpc) is 2.97. The molecule has 0 fully saturated rings. The van der Waals surface area contributed by atoms with Crippen LogP contribution in [0.2, 0.25) is 0 Å². The van der Waals surface area contributed by atoms with Gasteiger partial charge in [-0.05, 0) is 70.1 Å². The number of hydrogen-bond acceptors (Lipinski definition) is 6. The smallest absolute Gasteiger partial charge is 0.338 e. The zero-order valence-electron chi connectivity index (χ0n) is 20.7. The molecule has 5 aromatic carbocycles. The maximum Gasteiger partial charge on any atom is 0.338 e. The summed E-state index contributed by atoms with van der Waals surface area (Å²) >= 11 is 0. The van der Waals surface area contributed by atoms with Crippen LogP contribution in [0.1, 0.15) is 20.7 Å². The van der Waals surface area contributed by atoms with E-state index in [-0.39, 0.29) is 26.4 Å². The van der Waals surface area contributed by atoms with Crippen LogP contribution in [0.15, 0.2) is 109 Å². The largest absolute Gasteiger partial charge is 0.490 e. The van der Waals surface area contributed by atoms with Gasteiger partial charge in [0.1, 0.15) is 37.9 Å². The molecule has 6 nitrogen and oxygen atoms in total. The van der Waals surface area contributed by atoms with E-state index in [0.717, 1.165) is 21.5 Å². The molecule has 0 saturated heterocycles. The molecule has 0 spiro atoms. The van der Waals surface area contributed by atoms with Crippen LogP contribution in [0.25, 0.3) is 21.5 Å². The quantitative estimate of drug-likeness (QED) is 0.160. The van der Waals surface area contributed by atoms with Gasteiger partial charge in [-0.25, -0.2) is 9.59 Å². The van der Waals surface area contributed by atoms with Crippen molar-refractivity contribution in [1.82, 2.24) is 0 Å². The van der Waals surface area contributed by atoms with Crippen molar-refractivity contribution in [3.8, 4) is 11.5 Å². The Morgan fingerprint density at radius 3 is 1.26 bits per heavy atom. The molecule has 0 N–H and O–H groups in total. The molecule has 5 aromatic rings. The van der Waals surface area contributed by atoms with Crippen molar-refractivity contribution < 1.29 is 28.5 Å². The fourth-order valence-corrected chi connectivity index (χ4v) is 4.01. The predicted molar refractivity (Wildman–Crippen MR) is 146 cm³/mol. The van der Waals surface area contributed by atoms with Crippen molar-refractivity contribution >= 4 is 33.5 Å². The number of ether oxygens (including phenoxy) is 4. The van der Waals surface area contributed by atoms with Crippen LogP contribution in [0.3, 0.4) is 0 Å². The highest BCUT2D eigenvalue weighted by molar-refractivity contribution is 5.93. The van der Waals surface area contributed by atoms with Crippen LogP contribution in [-0.2, 0) is 9.47 Å². The molecule has 0 aliphatic rings. The highest BCUT2D eigenvalue weighted by Gasteiger charge is 2.11. The van der Waals surface area contributed by atoms with E-state index in [2.05, 4.69) is 0 Å². The summed E-state index contributed by atoms with van der Waals surface area (Å²) < 4.78 is 22.0. The topological polar surface area (TPSA) is 71.1 Å². The van der Waals surface area contributed by atoms with E-state index in [9.17, 15) is 9.59 Å². The summed E-state index contributed by atoms with van der Waals surface area (Å²) in [6.45, 7) is 0.671. The maximum absolute atomic E-state index is 12.3. The third-order valence-electron chi connectivity index (χ3n) is 5.97. The monoisotopic (exact) mass is 506 g/mol. The fraction of sp³-hybridized carbons (Fsp3) is 0.125. The number of esters is 2.